The molecule has 1 unspecified atom stereocenters. The summed E-state index contributed by atoms with van der Waals surface area (Å²) in [7, 11) is 4.29. The Labute approximate surface area is 132 Å². The summed E-state index contributed by atoms with van der Waals surface area (Å²) in [5.74, 6) is 0.895. The van der Waals surface area contributed by atoms with Gasteiger partial charge in [-0.15, -0.1) is 0 Å². The van der Waals surface area contributed by atoms with E-state index >= 15 is 0 Å². The van der Waals surface area contributed by atoms with Crippen molar-refractivity contribution in [2.24, 2.45) is 0 Å². The zero-order valence-corrected chi connectivity index (χ0v) is 13.7. The van der Waals surface area contributed by atoms with Crippen molar-refractivity contribution in [2.45, 2.75) is 44.3 Å². The fourth-order valence-electron chi connectivity index (χ4n) is 3.01. The summed E-state index contributed by atoms with van der Waals surface area (Å²) in [6.07, 6.45) is 7.11. The molecule has 0 spiro atoms. The quantitative estimate of drug-likeness (QED) is 0.875. The molecule has 0 aromatic carbocycles. The van der Waals surface area contributed by atoms with Crippen LogP contribution >= 0.6 is 11.6 Å². The molecule has 1 aromatic rings. The van der Waals surface area contributed by atoms with Crippen LogP contribution in [0.4, 0.5) is 5.82 Å². The lowest BCUT2D eigenvalue weighted by molar-refractivity contribution is 0.314. The molecule has 1 atom stereocenters. The van der Waals surface area contributed by atoms with Crippen molar-refractivity contribution in [1.82, 2.24) is 15.2 Å². The molecule has 1 aromatic heterocycles. The van der Waals surface area contributed by atoms with Gasteiger partial charge in [0, 0.05) is 38.4 Å². The number of rotatable bonds is 6. The molecule has 1 saturated carbocycles. The molecule has 4 nitrogen and oxygen atoms in total. The van der Waals surface area contributed by atoms with E-state index in [2.05, 4.69) is 34.2 Å². The summed E-state index contributed by atoms with van der Waals surface area (Å²) in [6.45, 7) is 3.06. The molecular formula is C16H25ClN4. The first-order valence-corrected chi connectivity index (χ1v) is 8.30. The lowest BCUT2D eigenvalue weighted by Crippen LogP contribution is -2.37. The maximum atomic E-state index is 6.43. The Morgan fingerprint density at radius 2 is 2.24 bits per heavy atom. The third kappa shape index (κ3) is 3.87. The number of likely N-dealkylation sites (tertiary alicyclic amines) is 1. The van der Waals surface area contributed by atoms with Gasteiger partial charge in [-0.3, -0.25) is 0 Å². The van der Waals surface area contributed by atoms with E-state index in [9.17, 15) is 0 Å². The third-order valence-electron chi connectivity index (χ3n) is 4.57. The van der Waals surface area contributed by atoms with Crippen LogP contribution in [0.2, 0.25) is 5.02 Å². The molecule has 0 bridgehead atoms. The predicted octanol–water partition coefficient (Wildman–Crippen LogP) is 2.52. The molecule has 1 aliphatic carbocycles. The van der Waals surface area contributed by atoms with Crippen molar-refractivity contribution in [3.8, 4) is 0 Å². The number of hydrogen-bond acceptors (Lipinski definition) is 4. The largest absolute Gasteiger partial charge is 0.357 e. The summed E-state index contributed by atoms with van der Waals surface area (Å²) in [5, 5.41) is 4.25. The van der Waals surface area contributed by atoms with Crippen LogP contribution in [-0.2, 0) is 6.54 Å². The summed E-state index contributed by atoms with van der Waals surface area (Å²) >= 11 is 6.43. The third-order valence-corrected chi connectivity index (χ3v) is 4.85. The zero-order chi connectivity index (χ0) is 14.8. The molecule has 2 fully saturated rings. The van der Waals surface area contributed by atoms with E-state index < -0.39 is 0 Å². The fourth-order valence-corrected chi connectivity index (χ4v) is 3.34. The van der Waals surface area contributed by atoms with Crippen LogP contribution in [0.1, 0.15) is 31.2 Å². The molecule has 2 aliphatic rings. The Kier molecular flexibility index (Phi) is 4.67. The monoisotopic (exact) mass is 308 g/mol. The standard InChI is InChI=1S/C16H25ClN4/c1-20-7-3-4-14(20)11-21(2)16-15(17)8-12(10-19-16)9-18-13-5-6-13/h8,10,13-14,18H,3-7,9,11H2,1-2H3. The van der Waals surface area contributed by atoms with Gasteiger partial charge < -0.3 is 15.1 Å². The number of aromatic nitrogens is 1. The number of anilines is 1. The SMILES string of the molecule is CN(CC1CCCN1C)c1ncc(CNC2CC2)cc1Cl. The average Bonchev–Trinajstić information content (AvgIpc) is 3.20. The van der Waals surface area contributed by atoms with Gasteiger partial charge in [0.2, 0.25) is 0 Å². The second-order valence-corrected chi connectivity index (χ2v) is 6.87. The van der Waals surface area contributed by atoms with Crippen LogP contribution in [0.15, 0.2) is 12.3 Å². The molecule has 1 aliphatic heterocycles. The smallest absolute Gasteiger partial charge is 0.147 e. The van der Waals surface area contributed by atoms with E-state index in [-0.39, 0.29) is 0 Å². The molecule has 2 heterocycles. The number of pyridine rings is 1. The van der Waals surface area contributed by atoms with Gasteiger partial charge in [-0.25, -0.2) is 4.98 Å². The average molecular weight is 309 g/mol. The Hall–Kier alpha value is -0.840. The Balaban J connectivity index is 1.60. The number of nitrogens with one attached hydrogen (secondary N) is 1. The number of likely N-dealkylation sites (N-methyl/N-ethyl adjacent to an activating group) is 2. The van der Waals surface area contributed by atoms with E-state index in [1.807, 2.05) is 12.3 Å². The first kappa shape index (κ1) is 15.1. The van der Waals surface area contributed by atoms with Gasteiger partial charge in [0.25, 0.3) is 0 Å². The van der Waals surface area contributed by atoms with Crippen molar-refractivity contribution in [1.29, 1.82) is 0 Å². The minimum atomic E-state index is 0.615. The summed E-state index contributed by atoms with van der Waals surface area (Å²) in [4.78, 5) is 9.20. The van der Waals surface area contributed by atoms with Crippen LogP contribution in [-0.4, -0.2) is 49.2 Å². The van der Waals surface area contributed by atoms with Crippen molar-refractivity contribution in [3.63, 3.8) is 0 Å². The highest BCUT2D eigenvalue weighted by Crippen LogP contribution is 2.26. The molecule has 0 radical (unpaired) electrons. The molecule has 21 heavy (non-hydrogen) atoms. The number of hydrogen-bond donors (Lipinski definition) is 1. The Morgan fingerprint density at radius 3 is 2.86 bits per heavy atom. The van der Waals surface area contributed by atoms with Gasteiger partial charge in [0.1, 0.15) is 5.82 Å². The van der Waals surface area contributed by atoms with Gasteiger partial charge in [-0.2, -0.15) is 0 Å². The molecule has 116 valence electrons. The molecule has 0 amide bonds. The second-order valence-electron chi connectivity index (χ2n) is 6.46. The highest BCUT2D eigenvalue weighted by atomic mass is 35.5. The van der Waals surface area contributed by atoms with Crippen LogP contribution in [0.25, 0.3) is 0 Å². The van der Waals surface area contributed by atoms with Gasteiger partial charge in [-0.05, 0) is 50.9 Å². The van der Waals surface area contributed by atoms with Gasteiger partial charge >= 0.3 is 0 Å². The van der Waals surface area contributed by atoms with Crippen LogP contribution < -0.4 is 10.2 Å². The van der Waals surface area contributed by atoms with Gasteiger partial charge in [-0.1, -0.05) is 11.6 Å². The minimum absolute atomic E-state index is 0.615. The van der Waals surface area contributed by atoms with E-state index in [0.717, 1.165) is 23.9 Å². The normalized spacial score (nSPS) is 22.7. The molecule has 1 N–H and O–H groups in total. The highest BCUT2D eigenvalue weighted by molar-refractivity contribution is 6.33. The maximum Gasteiger partial charge on any atom is 0.147 e. The van der Waals surface area contributed by atoms with Crippen molar-refractivity contribution < 1.29 is 0 Å². The summed E-state index contributed by atoms with van der Waals surface area (Å²) < 4.78 is 0. The fraction of sp³-hybridized carbons (Fsp3) is 0.688. The second kappa shape index (κ2) is 6.51. The summed E-state index contributed by atoms with van der Waals surface area (Å²) in [5.41, 5.74) is 1.17. The maximum absolute atomic E-state index is 6.43. The molecule has 3 rings (SSSR count). The van der Waals surface area contributed by atoms with E-state index in [0.29, 0.717) is 12.1 Å². The van der Waals surface area contributed by atoms with Crippen LogP contribution in [0.3, 0.4) is 0 Å². The Bertz CT molecular complexity index is 489. The highest BCUT2D eigenvalue weighted by Gasteiger charge is 2.23. The van der Waals surface area contributed by atoms with Gasteiger partial charge in [0.15, 0.2) is 0 Å². The minimum Gasteiger partial charge on any atom is -0.357 e. The van der Waals surface area contributed by atoms with Gasteiger partial charge in [0.05, 0.1) is 5.02 Å². The summed E-state index contributed by atoms with van der Waals surface area (Å²) in [6, 6.07) is 3.38. The predicted molar refractivity (Wildman–Crippen MR) is 88.0 cm³/mol. The zero-order valence-electron chi connectivity index (χ0n) is 13.0. The number of nitrogens with zero attached hydrogens (tertiary/aromatic N) is 3. The lowest BCUT2D eigenvalue weighted by atomic mass is 10.2. The van der Waals surface area contributed by atoms with E-state index in [4.69, 9.17) is 11.6 Å². The molecule has 1 saturated heterocycles. The van der Waals surface area contributed by atoms with Crippen molar-refractivity contribution in [3.05, 3.63) is 22.8 Å². The number of halogens is 1. The molecule has 5 heteroatoms. The van der Waals surface area contributed by atoms with E-state index in [1.165, 1.54) is 37.8 Å². The molecular weight excluding hydrogens is 284 g/mol. The van der Waals surface area contributed by atoms with Crippen molar-refractivity contribution >= 4 is 17.4 Å². The first-order valence-electron chi connectivity index (χ1n) is 7.92. The van der Waals surface area contributed by atoms with Crippen LogP contribution in [0, 0.1) is 0 Å². The van der Waals surface area contributed by atoms with Crippen molar-refractivity contribution in [2.75, 3.05) is 32.1 Å². The Morgan fingerprint density at radius 1 is 1.43 bits per heavy atom. The lowest BCUT2D eigenvalue weighted by Gasteiger charge is -2.27. The first-order chi connectivity index (χ1) is 10.1. The topological polar surface area (TPSA) is 31.4 Å². The van der Waals surface area contributed by atoms with Crippen LogP contribution in [0.5, 0.6) is 0 Å². The van der Waals surface area contributed by atoms with E-state index in [1.54, 1.807) is 0 Å².